The van der Waals surface area contributed by atoms with Crippen molar-refractivity contribution in [3.8, 4) is 0 Å². The summed E-state index contributed by atoms with van der Waals surface area (Å²) >= 11 is 11.5. The van der Waals surface area contributed by atoms with Crippen molar-refractivity contribution in [2.45, 2.75) is 39.2 Å². The Morgan fingerprint density at radius 1 is 1.55 bits per heavy atom. The van der Waals surface area contributed by atoms with Crippen molar-refractivity contribution in [1.29, 1.82) is 0 Å². The number of rotatable bonds is 6. The number of ether oxygens (including phenoxy) is 1. The van der Waals surface area contributed by atoms with Gasteiger partial charge in [0.25, 0.3) is 0 Å². The van der Waals surface area contributed by atoms with Crippen LogP contribution in [0.15, 0.2) is 33.9 Å². The van der Waals surface area contributed by atoms with Crippen molar-refractivity contribution in [3.63, 3.8) is 0 Å². The molecule has 0 aromatic carbocycles. The number of carbonyl (C=O) groups is 1. The molecule has 0 fully saturated rings. The molecule has 1 rings (SSSR count). The van der Waals surface area contributed by atoms with E-state index < -0.39 is 18.0 Å². The molecule has 0 aliphatic heterocycles. The third-order valence-corrected chi connectivity index (χ3v) is 3.82. The second-order valence-electron chi connectivity index (χ2n) is 4.58. The van der Waals surface area contributed by atoms with Crippen LogP contribution in [0.3, 0.4) is 0 Å². The smallest absolute Gasteiger partial charge is 0.311 e. The lowest BCUT2D eigenvalue weighted by Crippen LogP contribution is -2.32. The maximum atomic E-state index is 12.0. The minimum atomic E-state index is -1.02. The average Bonchev–Trinajstić information content (AvgIpc) is 2.56. The van der Waals surface area contributed by atoms with Gasteiger partial charge in [-0.3, -0.25) is 4.79 Å². The maximum absolute atomic E-state index is 12.0. The van der Waals surface area contributed by atoms with E-state index in [4.69, 9.17) is 27.9 Å². The zero-order valence-corrected chi connectivity index (χ0v) is 13.3. The van der Waals surface area contributed by atoms with E-state index in [0.29, 0.717) is 28.5 Å². The van der Waals surface area contributed by atoms with Crippen molar-refractivity contribution in [3.05, 3.63) is 33.9 Å². The molecule has 112 valence electrons. The van der Waals surface area contributed by atoms with Crippen LogP contribution in [-0.2, 0) is 9.53 Å². The Labute approximate surface area is 129 Å². The molecule has 0 saturated carbocycles. The highest BCUT2D eigenvalue weighted by atomic mass is 35.5. The first-order valence-electron chi connectivity index (χ1n) is 6.80. The normalized spacial score (nSPS) is 18.4. The molecule has 0 radical (unpaired) electrons. The second-order valence-corrected chi connectivity index (χ2v) is 5.48. The van der Waals surface area contributed by atoms with Gasteiger partial charge in [0.15, 0.2) is 0 Å². The molecular formula is C15H21Cl2O3+. The number of carbonyl (C=O) groups excluding carboxylic acids is 1. The summed E-state index contributed by atoms with van der Waals surface area (Å²) in [7, 11) is 0. The highest BCUT2D eigenvalue weighted by Gasteiger charge is 2.34. The average molecular weight is 320 g/mol. The predicted octanol–water partition coefficient (Wildman–Crippen LogP) is 2.95. The summed E-state index contributed by atoms with van der Waals surface area (Å²) in [6, 6.07) is 0. The van der Waals surface area contributed by atoms with Crippen LogP contribution in [0.2, 0.25) is 0 Å². The fourth-order valence-electron chi connectivity index (χ4n) is 2.13. The van der Waals surface area contributed by atoms with E-state index >= 15 is 0 Å². The molecular weight excluding hydrogens is 299 g/mol. The maximum Gasteiger partial charge on any atom is 0.311 e. The molecule has 0 saturated heterocycles. The Morgan fingerprint density at radius 3 is 2.85 bits per heavy atom. The molecule has 1 aliphatic carbocycles. The van der Waals surface area contributed by atoms with Crippen molar-refractivity contribution in [1.82, 2.24) is 0 Å². The number of halogens is 2. The van der Waals surface area contributed by atoms with Crippen LogP contribution in [0.5, 0.6) is 0 Å². The van der Waals surface area contributed by atoms with Gasteiger partial charge < -0.3 is 9.84 Å². The van der Waals surface area contributed by atoms with Crippen molar-refractivity contribution in [2.75, 3.05) is 6.61 Å². The highest BCUT2D eigenvalue weighted by Crippen LogP contribution is 2.31. The molecule has 1 N–H and O–H groups in total. The van der Waals surface area contributed by atoms with E-state index in [9.17, 15) is 9.90 Å². The van der Waals surface area contributed by atoms with Gasteiger partial charge in [0, 0.05) is 6.42 Å². The number of esters is 1. The van der Waals surface area contributed by atoms with Gasteiger partial charge in [-0.1, -0.05) is 37.1 Å². The Hall–Kier alpha value is -0.770. The molecule has 2 atom stereocenters. The molecule has 20 heavy (non-hydrogen) atoms. The van der Waals surface area contributed by atoms with Gasteiger partial charge >= 0.3 is 5.97 Å². The van der Waals surface area contributed by atoms with Gasteiger partial charge in [-0.15, -0.1) is 0 Å². The number of hydrogen-bond acceptors (Lipinski definition) is 3. The highest BCUT2D eigenvalue weighted by molar-refractivity contribution is 6.32. The van der Waals surface area contributed by atoms with Crippen LogP contribution < -0.4 is 0 Å². The van der Waals surface area contributed by atoms with Crippen LogP contribution in [0.4, 0.5) is 0 Å². The molecule has 5 heteroatoms. The molecule has 1 aliphatic rings. The SMILES string of the molecule is CCC[C@H](C(=O)OCC)[C@H](O)C1=C([ClH+])CC=CC=C1Cl. The minimum Gasteiger partial charge on any atom is -0.466 e. The van der Waals surface area contributed by atoms with Gasteiger partial charge in [0.05, 0.1) is 29.2 Å². The van der Waals surface area contributed by atoms with E-state index in [1.807, 2.05) is 13.0 Å². The summed E-state index contributed by atoms with van der Waals surface area (Å²) in [4.78, 5) is 12.0. The predicted molar refractivity (Wildman–Crippen MR) is 77.2 cm³/mol. The zero-order valence-electron chi connectivity index (χ0n) is 11.8. The van der Waals surface area contributed by atoms with E-state index in [2.05, 4.69) is 0 Å². The number of aliphatic hydroxyl groups excluding tert-OH is 1. The summed E-state index contributed by atoms with van der Waals surface area (Å²) in [6.45, 7) is 3.98. The Morgan fingerprint density at radius 2 is 2.25 bits per heavy atom. The van der Waals surface area contributed by atoms with E-state index in [1.165, 1.54) is 0 Å². The Kier molecular flexibility index (Phi) is 7.35. The van der Waals surface area contributed by atoms with Gasteiger partial charge in [0.2, 0.25) is 5.03 Å². The van der Waals surface area contributed by atoms with Crippen LogP contribution in [0.25, 0.3) is 0 Å². The largest absolute Gasteiger partial charge is 0.466 e. The third kappa shape index (κ3) is 4.37. The molecule has 0 heterocycles. The van der Waals surface area contributed by atoms with Crippen LogP contribution in [-0.4, -0.2) is 23.8 Å². The molecule has 0 bridgehead atoms. The zero-order chi connectivity index (χ0) is 15.1. The van der Waals surface area contributed by atoms with Gasteiger partial charge in [-0.25, -0.2) is 0 Å². The van der Waals surface area contributed by atoms with Gasteiger partial charge in [-0.05, 0) is 19.4 Å². The first-order valence-corrected chi connectivity index (χ1v) is 7.58. The molecule has 0 aromatic heterocycles. The Bertz CT molecular complexity index is 438. The van der Waals surface area contributed by atoms with Crippen molar-refractivity contribution >= 4 is 17.6 Å². The number of aliphatic hydroxyl groups is 1. The summed E-state index contributed by atoms with van der Waals surface area (Å²) in [5.74, 6) is -1.04. The molecule has 0 spiro atoms. The molecule has 3 nitrogen and oxygen atoms in total. The summed E-state index contributed by atoms with van der Waals surface area (Å²) in [6.07, 6.45) is 6.18. The van der Waals surface area contributed by atoms with Crippen LogP contribution >= 0.6 is 11.6 Å². The lowest BCUT2D eigenvalue weighted by molar-refractivity contribution is -0.307. The fraction of sp³-hybridized carbons (Fsp3) is 0.533. The quantitative estimate of drug-likeness (QED) is 0.766. The lowest BCUT2D eigenvalue weighted by atomic mass is 9.91. The number of allylic oxidation sites excluding steroid dienone is 4. The molecule has 0 amide bonds. The van der Waals surface area contributed by atoms with Crippen LogP contribution in [0.1, 0.15) is 33.1 Å². The van der Waals surface area contributed by atoms with Crippen molar-refractivity contribution in [2.24, 2.45) is 5.92 Å². The standard InChI is InChI=1S/C15H21Cl2O3/c1-3-7-10(15(19)20-4-2)14(18)13-11(16)8-5-6-9-12(13)17/h5-6,8,10,14,17-18H,3-4,7,9H2,1-2H3/q+1/t10-,14-/m0/s1. The summed E-state index contributed by atoms with van der Waals surface area (Å²) in [5, 5.41) is 11.5. The van der Waals surface area contributed by atoms with E-state index in [1.54, 1.807) is 19.1 Å². The summed E-state index contributed by atoms with van der Waals surface area (Å²) in [5.41, 5.74) is 0.471. The van der Waals surface area contributed by atoms with Gasteiger partial charge in [0.1, 0.15) is 11.6 Å². The van der Waals surface area contributed by atoms with Gasteiger partial charge in [-0.2, -0.15) is 0 Å². The number of hydrogen-bond donors (Lipinski definition) is 1. The topological polar surface area (TPSA) is 46.5 Å². The Balaban J connectivity index is 3.04. The van der Waals surface area contributed by atoms with Crippen LogP contribution in [0, 0.1) is 17.5 Å². The lowest BCUT2D eigenvalue weighted by Gasteiger charge is -2.22. The first-order chi connectivity index (χ1) is 9.52. The minimum absolute atomic E-state index is 0.288. The van der Waals surface area contributed by atoms with E-state index in [0.717, 1.165) is 6.42 Å². The second kappa shape index (κ2) is 8.50. The van der Waals surface area contributed by atoms with E-state index in [-0.39, 0.29) is 6.61 Å². The third-order valence-electron chi connectivity index (χ3n) is 3.11. The summed E-state index contributed by atoms with van der Waals surface area (Å²) < 4.78 is 5.04. The van der Waals surface area contributed by atoms with Crippen molar-refractivity contribution < 1.29 is 26.2 Å². The molecule has 0 unspecified atom stereocenters. The first kappa shape index (κ1) is 17.3. The molecule has 0 aromatic rings. The fourth-order valence-corrected chi connectivity index (χ4v) is 2.81. The monoisotopic (exact) mass is 319 g/mol.